The number of rotatable bonds is 7. The van der Waals surface area contributed by atoms with Gasteiger partial charge in [0.1, 0.15) is 0 Å². The van der Waals surface area contributed by atoms with Crippen LogP contribution in [0.3, 0.4) is 0 Å². The summed E-state index contributed by atoms with van der Waals surface area (Å²) in [5.74, 6) is 1.02. The summed E-state index contributed by atoms with van der Waals surface area (Å²) in [6.45, 7) is 2.07. The molecular formula is C28H35NO2. The van der Waals surface area contributed by atoms with E-state index in [1.165, 1.54) is 22.4 Å². The van der Waals surface area contributed by atoms with Crippen LogP contribution in [0.2, 0.25) is 0 Å². The molecule has 0 unspecified atom stereocenters. The Morgan fingerprint density at radius 2 is 1.87 bits per heavy atom. The van der Waals surface area contributed by atoms with Crippen LogP contribution in [0.1, 0.15) is 29.5 Å². The molecule has 4 rings (SSSR count). The first-order valence-electron chi connectivity index (χ1n) is 11.4. The number of allylic oxidation sites excluding steroid dienone is 2. The molecule has 5 atom stereocenters. The standard InChI is InChI=1S/C28H35NO2/c1-19-6-4-7-20(12-19)16-25(30)10-11-26-27-17-22(14-23(27)18-28(26)31)13-21-8-5-9-24(15-21)29(2)3/h4-12,14-15,23,25-28,30-31H,13,16-18H2,1-3H3/t23-,25-,26+,27-,28+/m0/s1. The zero-order valence-electron chi connectivity index (χ0n) is 18.9. The number of hydrogen-bond donors (Lipinski definition) is 2. The van der Waals surface area contributed by atoms with E-state index in [9.17, 15) is 10.2 Å². The van der Waals surface area contributed by atoms with Crippen molar-refractivity contribution in [3.05, 3.63) is 89.0 Å². The Morgan fingerprint density at radius 1 is 1.10 bits per heavy atom. The molecule has 2 aliphatic rings. The van der Waals surface area contributed by atoms with Crippen molar-refractivity contribution in [2.75, 3.05) is 19.0 Å². The third-order valence-electron chi connectivity index (χ3n) is 6.89. The van der Waals surface area contributed by atoms with E-state index in [1.54, 1.807) is 0 Å². The minimum absolute atomic E-state index is 0.124. The van der Waals surface area contributed by atoms with Gasteiger partial charge in [0, 0.05) is 32.1 Å². The summed E-state index contributed by atoms with van der Waals surface area (Å²) in [7, 11) is 4.15. The van der Waals surface area contributed by atoms with Crippen LogP contribution in [-0.2, 0) is 12.8 Å². The number of aliphatic hydroxyl groups is 2. The van der Waals surface area contributed by atoms with Crippen molar-refractivity contribution in [1.29, 1.82) is 0 Å². The summed E-state index contributed by atoms with van der Waals surface area (Å²) in [6, 6.07) is 17.0. The molecule has 0 bridgehead atoms. The summed E-state index contributed by atoms with van der Waals surface area (Å²) in [5.41, 5.74) is 6.42. The third kappa shape index (κ3) is 5.28. The van der Waals surface area contributed by atoms with Crippen molar-refractivity contribution in [1.82, 2.24) is 0 Å². The summed E-state index contributed by atoms with van der Waals surface area (Å²) >= 11 is 0. The fourth-order valence-electron chi connectivity index (χ4n) is 5.35. The summed E-state index contributed by atoms with van der Waals surface area (Å²) < 4.78 is 0. The van der Waals surface area contributed by atoms with Crippen LogP contribution in [0.5, 0.6) is 0 Å². The maximum atomic E-state index is 10.6. The largest absolute Gasteiger partial charge is 0.392 e. The average molecular weight is 418 g/mol. The number of aryl methyl sites for hydroxylation is 1. The van der Waals surface area contributed by atoms with Gasteiger partial charge in [-0.3, -0.25) is 0 Å². The molecule has 0 saturated heterocycles. The Hall–Kier alpha value is -2.36. The molecule has 0 aliphatic heterocycles. The number of anilines is 1. The van der Waals surface area contributed by atoms with Gasteiger partial charge < -0.3 is 15.1 Å². The first kappa shape index (κ1) is 21.9. The highest BCUT2D eigenvalue weighted by Crippen LogP contribution is 2.48. The van der Waals surface area contributed by atoms with Crippen LogP contribution in [-0.4, -0.2) is 36.5 Å². The van der Waals surface area contributed by atoms with E-state index < -0.39 is 6.10 Å². The fraction of sp³-hybridized carbons (Fsp3) is 0.429. The smallest absolute Gasteiger partial charge is 0.0761 e. The van der Waals surface area contributed by atoms with Gasteiger partial charge in [0.2, 0.25) is 0 Å². The molecule has 2 aromatic rings. The summed E-state index contributed by atoms with van der Waals surface area (Å²) in [6.07, 6.45) is 9.02. The lowest BCUT2D eigenvalue weighted by Crippen LogP contribution is -2.18. The lowest BCUT2D eigenvalue weighted by molar-refractivity contribution is 0.140. The molecule has 2 aromatic carbocycles. The van der Waals surface area contributed by atoms with Crippen molar-refractivity contribution in [3.63, 3.8) is 0 Å². The number of benzene rings is 2. The Balaban J connectivity index is 1.37. The van der Waals surface area contributed by atoms with Crippen LogP contribution in [0.15, 0.2) is 72.3 Å². The van der Waals surface area contributed by atoms with Crippen molar-refractivity contribution in [2.45, 2.75) is 44.8 Å². The van der Waals surface area contributed by atoms with Crippen LogP contribution < -0.4 is 4.90 Å². The molecule has 1 fully saturated rings. The highest BCUT2D eigenvalue weighted by atomic mass is 16.3. The van der Waals surface area contributed by atoms with Gasteiger partial charge in [-0.15, -0.1) is 0 Å². The van der Waals surface area contributed by atoms with E-state index in [1.807, 2.05) is 12.1 Å². The van der Waals surface area contributed by atoms with Gasteiger partial charge in [-0.25, -0.2) is 0 Å². The molecule has 2 N–H and O–H groups in total. The van der Waals surface area contributed by atoms with Crippen molar-refractivity contribution in [3.8, 4) is 0 Å². The summed E-state index contributed by atoms with van der Waals surface area (Å²) in [5, 5.41) is 21.2. The minimum Gasteiger partial charge on any atom is -0.392 e. The van der Waals surface area contributed by atoms with Crippen molar-refractivity contribution >= 4 is 5.69 Å². The highest BCUT2D eigenvalue weighted by Gasteiger charge is 2.43. The SMILES string of the molecule is Cc1cccc(C[C@@H](O)C=C[C@@H]2[C@H]3CC(Cc4cccc(N(C)C)c4)=C[C@H]3C[C@H]2O)c1. The first-order valence-corrected chi connectivity index (χ1v) is 11.4. The molecule has 1 saturated carbocycles. The molecule has 0 spiro atoms. The van der Waals surface area contributed by atoms with Crippen molar-refractivity contribution in [2.24, 2.45) is 17.8 Å². The molecule has 0 radical (unpaired) electrons. The first-order chi connectivity index (χ1) is 14.9. The minimum atomic E-state index is -0.518. The molecular weight excluding hydrogens is 382 g/mol. The van der Waals surface area contributed by atoms with E-state index >= 15 is 0 Å². The second kappa shape index (κ2) is 9.42. The number of fused-ring (bicyclic) bond motifs is 1. The molecule has 164 valence electrons. The quantitative estimate of drug-likeness (QED) is 0.642. The zero-order valence-corrected chi connectivity index (χ0v) is 18.9. The molecule has 0 aromatic heterocycles. The van der Waals surface area contributed by atoms with Crippen LogP contribution in [0, 0.1) is 24.7 Å². The lowest BCUT2D eigenvalue weighted by Gasteiger charge is -2.19. The van der Waals surface area contributed by atoms with Crippen LogP contribution in [0.25, 0.3) is 0 Å². The van der Waals surface area contributed by atoms with Gasteiger partial charge in [-0.1, -0.05) is 65.8 Å². The van der Waals surface area contributed by atoms with E-state index in [0.717, 1.165) is 24.8 Å². The van der Waals surface area contributed by atoms with Gasteiger partial charge in [-0.05, 0) is 61.3 Å². The average Bonchev–Trinajstić information content (AvgIpc) is 3.22. The monoisotopic (exact) mass is 417 g/mol. The number of aliphatic hydroxyl groups excluding tert-OH is 2. The van der Waals surface area contributed by atoms with Gasteiger partial charge in [0.25, 0.3) is 0 Å². The van der Waals surface area contributed by atoms with E-state index in [0.29, 0.717) is 18.3 Å². The molecule has 0 heterocycles. The fourth-order valence-corrected chi connectivity index (χ4v) is 5.35. The van der Waals surface area contributed by atoms with E-state index in [-0.39, 0.29) is 12.0 Å². The topological polar surface area (TPSA) is 43.7 Å². The number of nitrogens with zero attached hydrogens (tertiary/aromatic N) is 1. The highest BCUT2D eigenvalue weighted by molar-refractivity contribution is 5.48. The van der Waals surface area contributed by atoms with E-state index in [2.05, 4.69) is 80.5 Å². The Kier molecular flexibility index (Phi) is 6.64. The van der Waals surface area contributed by atoms with Crippen LogP contribution in [0.4, 0.5) is 5.69 Å². The predicted octanol–water partition coefficient (Wildman–Crippen LogP) is 4.71. The van der Waals surface area contributed by atoms with Crippen LogP contribution >= 0.6 is 0 Å². The second-order valence-electron chi connectivity index (χ2n) is 9.62. The maximum absolute atomic E-state index is 10.6. The molecule has 31 heavy (non-hydrogen) atoms. The van der Waals surface area contributed by atoms with Gasteiger partial charge >= 0.3 is 0 Å². The predicted molar refractivity (Wildman–Crippen MR) is 128 cm³/mol. The van der Waals surface area contributed by atoms with Crippen molar-refractivity contribution < 1.29 is 10.2 Å². The molecule has 2 aliphatic carbocycles. The maximum Gasteiger partial charge on any atom is 0.0761 e. The third-order valence-corrected chi connectivity index (χ3v) is 6.89. The zero-order chi connectivity index (χ0) is 22.0. The molecule has 3 nitrogen and oxygen atoms in total. The summed E-state index contributed by atoms with van der Waals surface area (Å²) in [4.78, 5) is 2.14. The van der Waals surface area contributed by atoms with Gasteiger partial charge in [0.05, 0.1) is 12.2 Å². The van der Waals surface area contributed by atoms with E-state index in [4.69, 9.17) is 0 Å². The molecule has 3 heteroatoms. The van der Waals surface area contributed by atoms with Gasteiger partial charge in [0.15, 0.2) is 0 Å². The Morgan fingerprint density at radius 3 is 2.65 bits per heavy atom. The van der Waals surface area contributed by atoms with Gasteiger partial charge in [-0.2, -0.15) is 0 Å². The lowest BCUT2D eigenvalue weighted by atomic mass is 9.88. The molecule has 0 amide bonds. The second-order valence-corrected chi connectivity index (χ2v) is 9.62. The normalized spacial score (nSPS) is 26.2. The number of hydrogen-bond acceptors (Lipinski definition) is 3. The Bertz CT molecular complexity index is 961. The Labute approximate surface area is 186 Å².